The third-order valence-corrected chi connectivity index (χ3v) is 3.43. The Hall–Kier alpha value is -1.82. The molecule has 2 unspecified atom stereocenters. The van der Waals surface area contributed by atoms with Crippen molar-refractivity contribution in [2.75, 3.05) is 24.6 Å². The van der Waals surface area contributed by atoms with Crippen LogP contribution in [-0.2, 0) is 0 Å². The molecular weight excluding hydrogens is 246 g/mol. The van der Waals surface area contributed by atoms with Crippen LogP contribution in [0.4, 0.5) is 11.4 Å². The van der Waals surface area contributed by atoms with E-state index in [1.54, 1.807) is 6.07 Å². The Morgan fingerprint density at radius 2 is 2.21 bits per heavy atom. The molecule has 2 N–H and O–H groups in total. The highest BCUT2D eigenvalue weighted by Crippen LogP contribution is 2.31. The maximum atomic E-state index is 11.0. The number of benzene rings is 1. The van der Waals surface area contributed by atoms with Crippen molar-refractivity contribution in [1.82, 2.24) is 0 Å². The van der Waals surface area contributed by atoms with Crippen molar-refractivity contribution in [3.8, 4) is 5.75 Å². The minimum Gasteiger partial charge on any atom is -0.494 e. The molecule has 0 bridgehead atoms. The van der Waals surface area contributed by atoms with Crippen molar-refractivity contribution in [1.29, 1.82) is 0 Å². The summed E-state index contributed by atoms with van der Waals surface area (Å²) in [5, 5.41) is 11.0. The van der Waals surface area contributed by atoms with Crippen LogP contribution in [-0.4, -0.2) is 30.7 Å². The number of nitrogens with two attached hydrogens (primary N) is 1. The van der Waals surface area contributed by atoms with Gasteiger partial charge in [-0.3, -0.25) is 10.1 Å². The molecule has 1 aliphatic rings. The Bertz CT molecular complexity index is 468. The standard InChI is InChI=1S/C13H19N3O3/c1-3-19-12-5-10(4-11(6-12)16(17)18)15-7-9(2)13(14)8-15/h4-6,9,13H,3,7-8,14H2,1-2H3. The zero-order chi connectivity index (χ0) is 14.0. The second-order valence-corrected chi connectivity index (χ2v) is 4.92. The topological polar surface area (TPSA) is 81.6 Å². The lowest BCUT2D eigenvalue weighted by Crippen LogP contribution is -2.28. The smallest absolute Gasteiger partial charge is 0.275 e. The Balaban J connectivity index is 2.31. The first kappa shape index (κ1) is 13.6. The Morgan fingerprint density at radius 3 is 2.74 bits per heavy atom. The number of non-ortho nitro benzene ring substituents is 1. The van der Waals surface area contributed by atoms with Crippen LogP contribution in [0.15, 0.2) is 18.2 Å². The SMILES string of the molecule is CCOc1cc(N2CC(C)C(N)C2)cc([N+](=O)[O-])c1. The van der Waals surface area contributed by atoms with Crippen molar-refractivity contribution in [2.45, 2.75) is 19.9 Å². The fourth-order valence-corrected chi connectivity index (χ4v) is 2.31. The van der Waals surface area contributed by atoms with Gasteiger partial charge in [0, 0.05) is 37.0 Å². The third kappa shape index (κ3) is 2.96. The van der Waals surface area contributed by atoms with Crippen molar-refractivity contribution < 1.29 is 9.66 Å². The summed E-state index contributed by atoms with van der Waals surface area (Å²) >= 11 is 0. The number of hydrogen-bond acceptors (Lipinski definition) is 5. The summed E-state index contributed by atoms with van der Waals surface area (Å²) in [4.78, 5) is 12.6. The van der Waals surface area contributed by atoms with Crippen LogP contribution in [0.5, 0.6) is 5.75 Å². The van der Waals surface area contributed by atoms with Crippen molar-refractivity contribution in [3.05, 3.63) is 28.3 Å². The van der Waals surface area contributed by atoms with Gasteiger partial charge in [0.05, 0.1) is 17.6 Å². The van der Waals surface area contributed by atoms with E-state index in [1.807, 2.05) is 13.0 Å². The van der Waals surface area contributed by atoms with E-state index in [-0.39, 0.29) is 11.7 Å². The minimum absolute atomic E-state index is 0.0501. The molecule has 6 nitrogen and oxygen atoms in total. The van der Waals surface area contributed by atoms with Gasteiger partial charge in [0.15, 0.2) is 0 Å². The number of rotatable bonds is 4. The normalized spacial score (nSPS) is 22.6. The zero-order valence-corrected chi connectivity index (χ0v) is 11.2. The fraction of sp³-hybridized carbons (Fsp3) is 0.538. The van der Waals surface area contributed by atoms with E-state index in [9.17, 15) is 10.1 Å². The molecule has 0 radical (unpaired) electrons. The summed E-state index contributed by atoms with van der Waals surface area (Å²) in [6, 6.07) is 4.97. The molecule has 1 heterocycles. The number of nitrogens with zero attached hydrogens (tertiary/aromatic N) is 2. The number of anilines is 1. The first-order chi connectivity index (χ1) is 9.01. The average molecular weight is 265 g/mol. The number of hydrogen-bond donors (Lipinski definition) is 1. The summed E-state index contributed by atoms with van der Waals surface area (Å²) in [5.41, 5.74) is 6.85. The molecule has 2 atom stereocenters. The molecule has 1 saturated heterocycles. The highest BCUT2D eigenvalue weighted by molar-refractivity contribution is 5.58. The Labute approximate surface area is 112 Å². The second-order valence-electron chi connectivity index (χ2n) is 4.92. The van der Waals surface area contributed by atoms with Crippen LogP contribution in [0.2, 0.25) is 0 Å². The first-order valence-corrected chi connectivity index (χ1v) is 6.44. The molecule has 104 valence electrons. The summed E-state index contributed by atoms with van der Waals surface area (Å²) in [6.45, 7) is 5.95. The summed E-state index contributed by atoms with van der Waals surface area (Å²) < 4.78 is 5.39. The van der Waals surface area contributed by atoms with E-state index in [0.29, 0.717) is 24.8 Å². The summed E-state index contributed by atoms with van der Waals surface area (Å²) in [7, 11) is 0. The molecule has 0 spiro atoms. The van der Waals surface area contributed by atoms with Gasteiger partial charge in [0.1, 0.15) is 5.75 Å². The van der Waals surface area contributed by atoms with E-state index < -0.39 is 4.92 Å². The number of ether oxygens (including phenoxy) is 1. The molecule has 0 amide bonds. The number of nitro groups is 1. The van der Waals surface area contributed by atoms with Gasteiger partial charge in [-0.25, -0.2) is 0 Å². The molecule has 6 heteroatoms. The van der Waals surface area contributed by atoms with Crippen molar-refractivity contribution in [3.63, 3.8) is 0 Å². The molecule has 0 aliphatic carbocycles. The largest absolute Gasteiger partial charge is 0.494 e. The number of nitro benzene ring substituents is 1. The van der Waals surface area contributed by atoms with Crippen LogP contribution in [0.1, 0.15) is 13.8 Å². The van der Waals surface area contributed by atoms with Crippen LogP contribution >= 0.6 is 0 Å². The van der Waals surface area contributed by atoms with Gasteiger partial charge in [-0.1, -0.05) is 6.92 Å². The Kier molecular flexibility index (Phi) is 3.90. The highest BCUT2D eigenvalue weighted by Gasteiger charge is 2.28. The van der Waals surface area contributed by atoms with Gasteiger partial charge in [-0.15, -0.1) is 0 Å². The van der Waals surface area contributed by atoms with Gasteiger partial charge < -0.3 is 15.4 Å². The van der Waals surface area contributed by atoms with Gasteiger partial charge in [0.2, 0.25) is 0 Å². The van der Waals surface area contributed by atoms with Gasteiger partial charge >= 0.3 is 0 Å². The maximum Gasteiger partial charge on any atom is 0.275 e. The van der Waals surface area contributed by atoms with Gasteiger partial charge in [0.25, 0.3) is 5.69 Å². The first-order valence-electron chi connectivity index (χ1n) is 6.44. The highest BCUT2D eigenvalue weighted by atomic mass is 16.6. The molecule has 1 aliphatic heterocycles. The van der Waals surface area contributed by atoms with Crippen molar-refractivity contribution in [2.24, 2.45) is 11.7 Å². The van der Waals surface area contributed by atoms with E-state index in [2.05, 4.69) is 11.8 Å². The van der Waals surface area contributed by atoms with E-state index in [4.69, 9.17) is 10.5 Å². The van der Waals surface area contributed by atoms with Crippen LogP contribution < -0.4 is 15.4 Å². The maximum absolute atomic E-state index is 11.0. The molecule has 0 aromatic heterocycles. The van der Waals surface area contributed by atoms with Gasteiger partial charge in [-0.05, 0) is 12.8 Å². The molecule has 19 heavy (non-hydrogen) atoms. The van der Waals surface area contributed by atoms with Crippen LogP contribution in [0.3, 0.4) is 0 Å². The molecule has 2 rings (SSSR count). The minimum atomic E-state index is -0.397. The fourth-order valence-electron chi connectivity index (χ4n) is 2.31. The Morgan fingerprint density at radius 1 is 1.47 bits per heavy atom. The average Bonchev–Trinajstić information content (AvgIpc) is 2.70. The van der Waals surface area contributed by atoms with E-state index >= 15 is 0 Å². The molecule has 0 saturated carbocycles. The predicted octanol–water partition coefficient (Wildman–Crippen LogP) is 1.78. The van der Waals surface area contributed by atoms with Crippen molar-refractivity contribution >= 4 is 11.4 Å². The predicted molar refractivity (Wildman–Crippen MR) is 73.6 cm³/mol. The quantitative estimate of drug-likeness (QED) is 0.663. The zero-order valence-electron chi connectivity index (χ0n) is 11.2. The lowest BCUT2D eigenvalue weighted by Gasteiger charge is -2.19. The monoisotopic (exact) mass is 265 g/mol. The van der Waals surface area contributed by atoms with E-state index in [0.717, 1.165) is 12.2 Å². The van der Waals surface area contributed by atoms with E-state index in [1.165, 1.54) is 6.07 Å². The lowest BCUT2D eigenvalue weighted by molar-refractivity contribution is -0.384. The summed E-state index contributed by atoms with van der Waals surface area (Å²) in [5.74, 6) is 0.912. The molecular formula is C13H19N3O3. The van der Waals surface area contributed by atoms with Gasteiger partial charge in [-0.2, -0.15) is 0 Å². The molecule has 1 aromatic carbocycles. The van der Waals surface area contributed by atoms with Crippen LogP contribution in [0, 0.1) is 16.0 Å². The summed E-state index contributed by atoms with van der Waals surface area (Å²) in [6.07, 6.45) is 0. The lowest BCUT2D eigenvalue weighted by atomic mass is 10.1. The molecule has 1 fully saturated rings. The third-order valence-electron chi connectivity index (χ3n) is 3.43. The molecule has 1 aromatic rings. The van der Waals surface area contributed by atoms with Crippen LogP contribution in [0.25, 0.3) is 0 Å². The second kappa shape index (κ2) is 5.44.